The van der Waals surface area contributed by atoms with Gasteiger partial charge in [0.25, 0.3) is 0 Å². The van der Waals surface area contributed by atoms with Crippen molar-refractivity contribution in [2.75, 3.05) is 13.1 Å². The average molecular weight is 260 g/mol. The number of nitrogens with zero attached hydrogens (tertiary/aromatic N) is 1. The van der Waals surface area contributed by atoms with Gasteiger partial charge in [0.15, 0.2) is 0 Å². The van der Waals surface area contributed by atoms with Crippen LogP contribution in [-0.2, 0) is 11.3 Å². The Kier molecular flexibility index (Phi) is 4.25. The fourth-order valence-corrected chi connectivity index (χ4v) is 2.47. The first kappa shape index (κ1) is 14.1. The third kappa shape index (κ3) is 3.57. The minimum Gasteiger partial charge on any atom is -0.337 e. The Labute approximate surface area is 116 Å². The molecule has 1 saturated heterocycles. The van der Waals surface area contributed by atoms with Gasteiger partial charge in [0.2, 0.25) is 5.91 Å². The van der Waals surface area contributed by atoms with Crippen LogP contribution in [0, 0.1) is 6.92 Å². The quantitative estimate of drug-likeness (QED) is 0.886. The Morgan fingerprint density at radius 1 is 1.21 bits per heavy atom. The lowest BCUT2D eigenvalue weighted by Gasteiger charge is -2.35. The summed E-state index contributed by atoms with van der Waals surface area (Å²) in [6.45, 7) is 8.53. The van der Waals surface area contributed by atoms with Gasteiger partial charge in [-0.25, -0.2) is 0 Å². The fraction of sp³-hybridized carbons (Fsp3) is 0.562. The Morgan fingerprint density at radius 3 is 2.58 bits per heavy atom. The maximum atomic E-state index is 12.6. The smallest absolute Gasteiger partial charge is 0.242 e. The van der Waals surface area contributed by atoms with Gasteiger partial charge < -0.3 is 10.2 Å². The molecule has 0 aliphatic carbocycles. The van der Waals surface area contributed by atoms with Crippen molar-refractivity contribution < 1.29 is 4.79 Å². The summed E-state index contributed by atoms with van der Waals surface area (Å²) in [5.41, 5.74) is 2.01. The normalized spacial score (nSPS) is 19.9. The lowest BCUT2D eigenvalue weighted by molar-refractivity contribution is -0.138. The van der Waals surface area contributed by atoms with E-state index in [-0.39, 0.29) is 5.91 Å². The van der Waals surface area contributed by atoms with Crippen molar-refractivity contribution in [1.82, 2.24) is 10.2 Å². The van der Waals surface area contributed by atoms with E-state index in [0.717, 1.165) is 25.9 Å². The van der Waals surface area contributed by atoms with E-state index in [4.69, 9.17) is 0 Å². The zero-order chi connectivity index (χ0) is 13.9. The molecule has 1 amide bonds. The van der Waals surface area contributed by atoms with Gasteiger partial charge >= 0.3 is 0 Å². The molecule has 1 aliphatic rings. The number of carbonyl (C=O) groups excluding carboxylic acids is 1. The molecule has 0 atom stereocenters. The fourth-order valence-electron chi connectivity index (χ4n) is 2.47. The molecule has 1 aromatic carbocycles. The Balaban J connectivity index is 2.11. The van der Waals surface area contributed by atoms with Crippen LogP contribution < -0.4 is 5.32 Å². The molecule has 0 radical (unpaired) electrons. The molecular formula is C16H24N2O. The maximum absolute atomic E-state index is 12.6. The number of benzene rings is 1. The van der Waals surface area contributed by atoms with Crippen LogP contribution in [0.2, 0.25) is 0 Å². The summed E-state index contributed by atoms with van der Waals surface area (Å²) in [6, 6.07) is 8.43. The third-order valence-electron chi connectivity index (χ3n) is 3.74. The largest absolute Gasteiger partial charge is 0.337 e. The molecule has 0 aromatic heterocycles. The number of carbonyl (C=O) groups is 1. The van der Waals surface area contributed by atoms with E-state index in [0.29, 0.717) is 6.54 Å². The monoisotopic (exact) mass is 260 g/mol. The van der Waals surface area contributed by atoms with Gasteiger partial charge in [-0.3, -0.25) is 4.79 Å². The molecule has 1 aliphatic heterocycles. The first-order chi connectivity index (χ1) is 8.99. The highest BCUT2D eigenvalue weighted by atomic mass is 16.2. The molecule has 1 heterocycles. The van der Waals surface area contributed by atoms with Crippen LogP contribution >= 0.6 is 0 Å². The van der Waals surface area contributed by atoms with Crippen LogP contribution in [0.1, 0.15) is 37.8 Å². The van der Waals surface area contributed by atoms with Crippen molar-refractivity contribution in [3.05, 3.63) is 35.4 Å². The van der Waals surface area contributed by atoms with Crippen LogP contribution in [0.5, 0.6) is 0 Å². The predicted molar refractivity (Wildman–Crippen MR) is 77.9 cm³/mol. The lowest BCUT2D eigenvalue weighted by Crippen LogP contribution is -2.55. The molecule has 0 unspecified atom stereocenters. The van der Waals surface area contributed by atoms with Crippen molar-refractivity contribution in [3.63, 3.8) is 0 Å². The van der Waals surface area contributed by atoms with Crippen LogP contribution in [0.4, 0.5) is 0 Å². The van der Waals surface area contributed by atoms with Gasteiger partial charge in [0.05, 0.1) is 5.54 Å². The van der Waals surface area contributed by atoms with E-state index < -0.39 is 5.54 Å². The van der Waals surface area contributed by atoms with Crippen molar-refractivity contribution in [2.45, 2.75) is 45.7 Å². The zero-order valence-corrected chi connectivity index (χ0v) is 12.2. The zero-order valence-electron chi connectivity index (χ0n) is 12.2. The van der Waals surface area contributed by atoms with Gasteiger partial charge in [0.1, 0.15) is 0 Å². The highest BCUT2D eigenvalue weighted by molar-refractivity contribution is 5.85. The van der Waals surface area contributed by atoms with Gasteiger partial charge in [-0.2, -0.15) is 0 Å². The highest BCUT2D eigenvalue weighted by Gasteiger charge is 2.32. The van der Waals surface area contributed by atoms with Gasteiger partial charge in [-0.05, 0) is 45.7 Å². The summed E-state index contributed by atoms with van der Waals surface area (Å²) in [4.78, 5) is 14.5. The summed E-state index contributed by atoms with van der Waals surface area (Å²) >= 11 is 0. The molecule has 104 valence electrons. The number of hydrogen-bond donors (Lipinski definition) is 1. The van der Waals surface area contributed by atoms with Crippen molar-refractivity contribution in [2.24, 2.45) is 0 Å². The number of nitrogens with one attached hydrogen (secondary N) is 1. The molecule has 3 nitrogen and oxygen atoms in total. The van der Waals surface area contributed by atoms with E-state index in [1.54, 1.807) is 0 Å². The summed E-state index contributed by atoms with van der Waals surface area (Å²) in [5, 5.41) is 3.34. The van der Waals surface area contributed by atoms with Crippen LogP contribution in [0.15, 0.2) is 24.3 Å². The second-order valence-electron chi connectivity index (χ2n) is 5.97. The third-order valence-corrected chi connectivity index (χ3v) is 3.74. The number of hydrogen-bond acceptors (Lipinski definition) is 2. The lowest BCUT2D eigenvalue weighted by atomic mass is 10.0. The minimum absolute atomic E-state index is 0.202. The molecule has 0 bridgehead atoms. The van der Waals surface area contributed by atoms with E-state index in [1.807, 2.05) is 18.7 Å². The summed E-state index contributed by atoms with van der Waals surface area (Å²) < 4.78 is 0. The molecule has 1 N–H and O–H groups in total. The SMILES string of the molecule is Cc1ccc(CN2CCCCNC(C)(C)C2=O)cc1. The number of rotatable bonds is 2. The Bertz CT molecular complexity index is 437. The Hall–Kier alpha value is -1.35. The van der Waals surface area contributed by atoms with Crippen molar-refractivity contribution >= 4 is 5.91 Å². The van der Waals surface area contributed by atoms with Gasteiger partial charge in [-0.1, -0.05) is 29.8 Å². The standard InChI is InChI=1S/C16H24N2O/c1-13-6-8-14(9-7-13)12-18-11-5-4-10-17-16(2,3)15(18)19/h6-9,17H,4-5,10-12H2,1-3H3. The van der Waals surface area contributed by atoms with E-state index in [2.05, 4.69) is 36.5 Å². The van der Waals surface area contributed by atoms with E-state index >= 15 is 0 Å². The molecule has 2 rings (SSSR count). The van der Waals surface area contributed by atoms with Crippen LogP contribution in [-0.4, -0.2) is 29.4 Å². The second-order valence-corrected chi connectivity index (χ2v) is 5.97. The number of aryl methyl sites for hydroxylation is 1. The highest BCUT2D eigenvalue weighted by Crippen LogP contribution is 2.16. The van der Waals surface area contributed by atoms with Gasteiger partial charge in [-0.15, -0.1) is 0 Å². The molecule has 0 saturated carbocycles. The van der Waals surface area contributed by atoms with Crippen molar-refractivity contribution in [1.29, 1.82) is 0 Å². The predicted octanol–water partition coefficient (Wildman–Crippen LogP) is 2.49. The first-order valence-corrected chi connectivity index (χ1v) is 7.09. The maximum Gasteiger partial charge on any atom is 0.242 e. The molecule has 0 spiro atoms. The summed E-state index contributed by atoms with van der Waals surface area (Å²) in [7, 11) is 0. The van der Waals surface area contributed by atoms with Crippen molar-refractivity contribution in [3.8, 4) is 0 Å². The van der Waals surface area contributed by atoms with Crippen LogP contribution in [0.25, 0.3) is 0 Å². The topological polar surface area (TPSA) is 32.3 Å². The minimum atomic E-state index is -0.453. The first-order valence-electron chi connectivity index (χ1n) is 7.09. The molecule has 1 aromatic rings. The van der Waals surface area contributed by atoms with E-state index in [1.165, 1.54) is 11.1 Å². The molecule has 3 heteroatoms. The second kappa shape index (κ2) is 5.74. The summed E-state index contributed by atoms with van der Waals surface area (Å²) in [5.74, 6) is 0.202. The Morgan fingerprint density at radius 2 is 1.89 bits per heavy atom. The van der Waals surface area contributed by atoms with Gasteiger partial charge in [0, 0.05) is 13.1 Å². The molecule has 19 heavy (non-hydrogen) atoms. The average Bonchev–Trinajstić information content (AvgIpc) is 2.37. The van der Waals surface area contributed by atoms with E-state index in [9.17, 15) is 4.79 Å². The summed E-state index contributed by atoms with van der Waals surface area (Å²) in [6.07, 6.45) is 2.20. The van der Waals surface area contributed by atoms with Crippen LogP contribution in [0.3, 0.4) is 0 Å². The number of amides is 1. The molecular weight excluding hydrogens is 236 g/mol. The molecule has 1 fully saturated rings.